The minimum atomic E-state index is 0. The summed E-state index contributed by atoms with van der Waals surface area (Å²) in [6.45, 7) is 14.0. The number of halogens is 1. The van der Waals surface area contributed by atoms with Crippen LogP contribution in [0, 0.1) is 11.3 Å². The third-order valence-corrected chi connectivity index (χ3v) is 5.54. The molecule has 0 aromatic rings. The first-order chi connectivity index (χ1) is 10.2. The molecule has 23 heavy (non-hydrogen) atoms. The van der Waals surface area contributed by atoms with Crippen molar-refractivity contribution in [3.05, 3.63) is 0 Å². The maximum Gasteiger partial charge on any atom is 0.191 e. The summed E-state index contributed by atoms with van der Waals surface area (Å²) < 4.78 is 6.26. The van der Waals surface area contributed by atoms with Gasteiger partial charge in [0.2, 0.25) is 0 Å². The predicted octanol–water partition coefficient (Wildman–Crippen LogP) is 3.75. The van der Waals surface area contributed by atoms with E-state index in [1.165, 1.54) is 6.42 Å². The van der Waals surface area contributed by atoms with Crippen LogP contribution in [0.1, 0.15) is 47.5 Å². The Labute approximate surface area is 164 Å². The lowest BCUT2D eigenvalue weighted by Gasteiger charge is -2.40. The van der Waals surface area contributed by atoms with Gasteiger partial charge in [0.1, 0.15) is 0 Å². The number of rotatable bonds is 5. The second kappa shape index (κ2) is 10.3. The van der Waals surface area contributed by atoms with Gasteiger partial charge in [-0.25, -0.2) is 0 Å². The molecule has 0 saturated carbocycles. The lowest BCUT2D eigenvalue weighted by atomic mass is 9.78. The molecule has 0 aliphatic carbocycles. The Hall–Kier alpha value is 0.310. The number of guanidine groups is 1. The Balaban J connectivity index is 0.00000484. The highest BCUT2D eigenvalue weighted by Crippen LogP contribution is 2.33. The summed E-state index contributed by atoms with van der Waals surface area (Å²) in [5.41, 5.74) is 0.185. The van der Waals surface area contributed by atoms with Gasteiger partial charge >= 0.3 is 0 Å². The molecule has 2 atom stereocenters. The standard InChI is InChI=1S/C17H35N3OS.HI/c1-16(2,3)14-13(9-8-10-21-14)11-19-15(18-6)20-12-17(4,5)22-7;/h13-14H,8-12H2,1-7H3,(H2,18,19,20);1H. The minimum Gasteiger partial charge on any atom is -0.377 e. The highest BCUT2D eigenvalue weighted by Gasteiger charge is 2.35. The van der Waals surface area contributed by atoms with Gasteiger partial charge < -0.3 is 15.4 Å². The molecule has 6 heteroatoms. The van der Waals surface area contributed by atoms with E-state index >= 15 is 0 Å². The second-order valence-corrected chi connectivity index (χ2v) is 9.34. The first-order valence-corrected chi connectivity index (χ1v) is 9.53. The number of thioether (sulfide) groups is 1. The molecule has 0 amide bonds. The van der Waals surface area contributed by atoms with E-state index in [1.807, 2.05) is 18.8 Å². The molecule has 1 saturated heterocycles. The third-order valence-electron chi connectivity index (χ3n) is 4.29. The van der Waals surface area contributed by atoms with Crippen molar-refractivity contribution < 1.29 is 4.74 Å². The normalized spacial score (nSPS) is 23.2. The van der Waals surface area contributed by atoms with Crippen molar-refractivity contribution in [1.82, 2.24) is 10.6 Å². The van der Waals surface area contributed by atoms with Gasteiger partial charge in [0, 0.05) is 37.4 Å². The van der Waals surface area contributed by atoms with Gasteiger partial charge in [0.05, 0.1) is 6.10 Å². The molecule has 1 aliphatic heterocycles. The Bertz CT molecular complexity index is 369. The second-order valence-electron chi connectivity index (χ2n) is 7.83. The van der Waals surface area contributed by atoms with E-state index in [9.17, 15) is 0 Å². The average Bonchev–Trinajstić information content (AvgIpc) is 2.47. The fourth-order valence-corrected chi connectivity index (χ4v) is 3.04. The van der Waals surface area contributed by atoms with Gasteiger partial charge in [-0.2, -0.15) is 11.8 Å². The van der Waals surface area contributed by atoms with Crippen LogP contribution in [-0.4, -0.2) is 49.8 Å². The summed E-state index contributed by atoms with van der Waals surface area (Å²) >= 11 is 1.86. The molecule has 0 bridgehead atoms. The quantitative estimate of drug-likeness (QED) is 0.375. The van der Waals surface area contributed by atoms with Gasteiger partial charge in [-0.15, -0.1) is 24.0 Å². The van der Waals surface area contributed by atoms with E-state index in [4.69, 9.17) is 4.74 Å². The largest absolute Gasteiger partial charge is 0.377 e. The topological polar surface area (TPSA) is 45.7 Å². The van der Waals surface area contributed by atoms with E-state index in [0.29, 0.717) is 12.0 Å². The number of nitrogens with one attached hydrogen (secondary N) is 2. The fourth-order valence-electron chi connectivity index (χ4n) is 2.83. The van der Waals surface area contributed by atoms with E-state index in [2.05, 4.69) is 56.5 Å². The number of nitrogens with zero attached hydrogens (tertiary/aromatic N) is 1. The number of ether oxygens (including phenoxy) is 1. The van der Waals surface area contributed by atoms with Crippen molar-refractivity contribution in [2.45, 2.75) is 58.3 Å². The minimum absolute atomic E-state index is 0. The summed E-state index contributed by atoms with van der Waals surface area (Å²) in [6.07, 6.45) is 4.84. The highest BCUT2D eigenvalue weighted by molar-refractivity contribution is 14.0. The Morgan fingerprint density at radius 1 is 1.22 bits per heavy atom. The molecule has 1 rings (SSSR count). The molecule has 1 heterocycles. The van der Waals surface area contributed by atoms with Crippen molar-refractivity contribution in [2.24, 2.45) is 16.3 Å². The first kappa shape index (κ1) is 23.3. The van der Waals surface area contributed by atoms with Crippen LogP contribution in [0.15, 0.2) is 4.99 Å². The molecule has 0 radical (unpaired) electrons. The molecule has 0 aromatic heterocycles. The maximum absolute atomic E-state index is 6.05. The van der Waals surface area contributed by atoms with Gasteiger partial charge in [0.15, 0.2) is 5.96 Å². The fraction of sp³-hybridized carbons (Fsp3) is 0.941. The molecule has 0 spiro atoms. The summed E-state index contributed by atoms with van der Waals surface area (Å²) in [7, 11) is 1.83. The summed E-state index contributed by atoms with van der Waals surface area (Å²) in [5, 5.41) is 6.92. The summed E-state index contributed by atoms with van der Waals surface area (Å²) in [4.78, 5) is 4.34. The van der Waals surface area contributed by atoms with Gasteiger partial charge in [-0.1, -0.05) is 20.8 Å². The van der Waals surface area contributed by atoms with Crippen molar-refractivity contribution in [1.29, 1.82) is 0 Å². The molecule has 2 N–H and O–H groups in total. The van der Waals surface area contributed by atoms with Crippen molar-refractivity contribution >= 4 is 41.7 Å². The van der Waals surface area contributed by atoms with Crippen LogP contribution >= 0.6 is 35.7 Å². The lowest BCUT2D eigenvalue weighted by Crippen LogP contribution is -2.49. The molecule has 1 fully saturated rings. The lowest BCUT2D eigenvalue weighted by molar-refractivity contribution is -0.0835. The Kier molecular flexibility index (Phi) is 10.5. The summed E-state index contributed by atoms with van der Waals surface area (Å²) in [5.74, 6) is 1.43. The van der Waals surface area contributed by atoms with Crippen molar-refractivity contribution in [2.75, 3.05) is 33.0 Å². The van der Waals surface area contributed by atoms with Crippen LogP contribution in [-0.2, 0) is 4.74 Å². The SMILES string of the molecule is CN=C(NCC1CCCOC1C(C)(C)C)NCC(C)(C)SC.I. The Morgan fingerprint density at radius 3 is 2.39 bits per heavy atom. The maximum atomic E-state index is 6.05. The van der Waals surface area contributed by atoms with E-state index in [1.54, 1.807) is 0 Å². The van der Waals surface area contributed by atoms with Crippen LogP contribution < -0.4 is 10.6 Å². The summed E-state index contributed by atoms with van der Waals surface area (Å²) in [6, 6.07) is 0. The first-order valence-electron chi connectivity index (χ1n) is 8.31. The number of hydrogen-bond acceptors (Lipinski definition) is 3. The molecule has 0 aromatic carbocycles. The third kappa shape index (κ3) is 8.29. The number of hydrogen-bond donors (Lipinski definition) is 2. The van der Waals surface area contributed by atoms with E-state index in [0.717, 1.165) is 32.1 Å². The zero-order valence-electron chi connectivity index (χ0n) is 15.9. The zero-order valence-corrected chi connectivity index (χ0v) is 19.0. The van der Waals surface area contributed by atoms with Gasteiger partial charge in [0.25, 0.3) is 0 Å². The van der Waals surface area contributed by atoms with E-state index in [-0.39, 0.29) is 34.1 Å². The van der Waals surface area contributed by atoms with Crippen molar-refractivity contribution in [3.8, 4) is 0 Å². The average molecular weight is 457 g/mol. The van der Waals surface area contributed by atoms with E-state index < -0.39 is 0 Å². The van der Waals surface area contributed by atoms with Crippen LogP contribution in [0.3, 0.4) is 0 Å². The van der Waals surface area contributed by atoms with Crippen LogP contribution in [0.25, 0.3) is 0 Å². The molecule has 138 valence electrons. The molecule has 2 unspecified atom stereocenters. The number of aliphatic imine (C=N–C) groups is 1. The van der Waals surface area contributed by atoms with Crippen LogP contribution in [0.5, 0.6) is 0 Å². The van der Waals surface area contributed by atoms with Gasteiger partial charge in [-0.05, 0) is 38.4 Å². The van der Waals surface area contributed by atoms with Gasteiger partial charge in [-0.3, -0.25) is 4.99 Å². The molecule has 1 aliphatic rings. The predicted molar refractivity (Wildman–Crippen MR) is 114 cm³/mol. The van der Waals surface area contributed by atoms with Crippen LogP contribution in [0.4, 0.5) is 0 Å². The molecular weight excluding hydrogens is 421 g/mol. The molecule has 4 nitrogen and oxygen atoms in total. The monoisotopic (exact) mass is 457 g/mol. The Morgan fingerprint density at radius 2 is 1.87 bits per heavy atom. The highest BCUT2D eigenvalue weighted by atomic mass is 127. The smallest absolute Gasteiger partial charge is 0.191 e. The van der Waals surface area contributed by atoms with Crippen molar-refractivity contribution in [3.63, 3.8) is 0 Å². The zero-order chi connectivity index (χ0) is 16.8. The molecular formula is C17H36IN3OS. The van der Waals surface area contributed by atoms with Crippen LogP contribution in [0.2, 0.25) is 0 Å².